The molecular weight excluding hydrogens is 660 g/mol. The highest BCUT2D eigenvalue weighted by atomic mass is 16.5. The first kappa shape index (κ1) is 44.9. The van der Waals surface area contributed by atoms with Crippen LogP contribution in [0.5, 0.6) is 0 Å². The van der Waals surface area contributed by atoms with E-state index in [9.17, 15) is 19.2 Å². The van der Waals surface area contributed by atoms with Crippen LogP contribution >= 0.6 is 0 Å². The molecule has 1 aromatic rings. The van der Waals surface area contributed by atoms with E-state index in [1.54, 1.807) is 21.3 Å². The number of carbonyl (C=O) groups excluding carboxylic acids is 4. The Morgan fingerprint density at radius 3 is 2.17 bits per heavy atom. The molecule has 1 aliphatic heterocycles. The van der Waals surface area contributed by atoms with Gasteiger partial charge in [0.25, 0.3) is 0 Å². The number of ether oxygens (including phenoxy) is 2. The molecule has 7 atom stereocenters. The van der Waals surface area contributed by atoms with Crippen molar-refractivity contribution in [1.82, 2.24) is 25.8 Å². The number of benzene rings is 1. The lowest BCUT2D eigenvalue weighted by Crippen LogP contribution is -2.56. The summed E-state index contributed by atoms with van der Waals surface area (Å²) in [6.07, 6.45) is 3.76. The van der Waals surface area contributed by atoms with Crippen LogP contribution in [0, 0.1) is 17.8 Å². The van der Waals surface area contributed by atoms with Crippen LogP contribution in [-0.2, 0) is 35.1 Å². The zero-order valence-corrected chi connectivity index (χ0v) is 34.0. The standard InChI is InChI=1S/C40H70N6O6/c1-12-14-23-46(35(48)26-43-40(50)36(41-7)27(3)4)37(28(5)13-2)33(51-10)25-34(47)45-24-15-16-32(45)38(52-11)29(6)39(49)42-22-21-30-17-19-31(20-18-30)44(8)9/h17-20,27-29,32-33,36-38,41H,12-16,21-26H2,1-11H3,(H,42,49)(H,43,50). The number of unbranched alkanes of at least 4 members (excludes halogenated alkanes) is 1. The molecule has 12 nitrogen and oxygen atoms in total. The van der Waals surface area contributed by atoms with Crippen LogP contribution in [0.15, 0.2) is 24.3 Å². The Morgan fingerprint density at radius 2 is 1.63 bits per heavy atom. The van der Waals surface area contributed by atoms with E-state index in [2.05, 4.69) is 65.9 Å². The van der Waals surface area contributed by atoms with Crippen LogP contribution in [0.3, 0.4) is 0 Å². The molecule has 296 valence electrons. The highest BCUT2D eigenvalue weighted by molar-refractivity contribution is 5.88. The second-order valence-corrected chi connectivity index (χ2v) is 14.9. The minimum absolute atomic E-state index is 0.0331. The van der Waals surface area contributed by atoms with Gasteiger partial charge in [-0.1, -0.05) is 66.5 Å². The Balaban J connectivity index is 2.18. The van der Waals surface area contributed by atoms with Crippen molar-refractivity contribution in [2.24, 2.45) is 17.8 Å². The van der Waals surface area contributed by atoms with Crippen molar-refractivity contribution in [2.45, 2.75) is 117 Å². The number of nitrogens with one attached hydrogen (secondary N) is 3. The van der Waals surface area contributed by atoms with E-state index in [0.717, 1.165) is 43.4 Å². The zero-order valence-electron chi connectivity index (χ0n) is 34.0. The highest BCUT2D eigenvalue weighted by Gasteiger charge is 2.42. The summed E-state index contributed by atoms with van der Waals surface area (Å²) in [6, 6.07) is 7.26. The predicted molar refractivity (Wildman–Crippen MR) is 208 cm³/mol. The van der Waals surface area contributed by atoms with Gasteiger partial charge in [-0.2, -0.15) is 0 Å². The van der Waals surface area contributed by atoms with Crippen molar-refractivity contribution < 1.29 is 28.7 Å². The quantitative estimate of drug-likeness (QED) is 0.155. The summed E-state index contributed by atoms with van der Waals surface area (Å²) in [5.41, 5.74) is 2.27. The van der Waals surface area contributed by atoms with Crippen LogP contribution in [0.1, 0.15) is 85.6 Å². The fraction of sp³-hybridized carbons (Fsp3) is 0.750. The van der Waals surface area contributed by atoms with Gasteiger partial charge < -0.3 is 40.1 Å². The van der Waals surface area contributed by atoms with Gasteiger partial charge in [0, 0.05) is 53.6 Å². The van der Waals surface area contributed by atoms with E-state index in [1.165, 1.54) is 0 Å². The normalized spacial score (nSPS) is 17.9. The molecule has 0 aromatic heterocycles. The molecule has 1 aliphatic rings. The summed E-state index contributed by atoms with van der Waals surface area (Å²) < 4.78 is 12.0. The number of likely N-dealkylation sites (N-methyl/N-ethyl adjacent to an activating group) is 1. The maximum absolute atomic E-state index is 14.2. The third kappa shape index (κ3) is 12.7. The highest BCUT2D eigenvalue weighted by Crippen LogP contribution is 2.29. The van der Waals surface area contributed by atoms with Crippen LogP contribution in [0.2, 0.25) is 0 Å². The van der Waals surface area contributed by atoms with E-state index in [4.69, 9.17) is 9.47 Å². The minimum Gasteiger partial charge on any atom is -0.379 e. The first-order valence-electron chi connectivity index (χ1n) is 19.4. The van der Waals surface area contributed by atoms with Crippen molar-refractivity contribution in [3.8, 4) is 0 Å². The fourth-order valence-electron chi connectivity index (χ4n) is 7.40. The average Bonchev–Trinajstić information content (AvgIpc) is 3.61. The van der Waals surface area contributed by atoms with Gasteiger partial charge >= 0.3 is 0 Å². The molecule has 1 fully saturated rings. The third-order valence-corrected chi connectivity index (χ3v) is 10.7. The predicted octanol–water partition coefficient (Wildman–Crippen LogP) is 3.86. The van der Waals surface area contributed by atoms with Gasteiger partial charge in [-0.15, -0.1) is 0 Å². The van der Waals surface area contributed by atoms with Gasteiger partial charge in [-0.25, -0.2) is 0 Å². The fourth-order valence-corrected chi connectivity index (χ4v) is 7.40. The summed E-state index contributed by atoms with van der Waals surface area (Å²) in [7, 11) is 8.95. The lowest BCUT2D eigenvalue weighted by Gasteiger charge is -2.41. The van der Waals surface area contributed by atoms with Gasteiger partial charge in [0.2, 0.25) is 23.6 Å². The molecule has 52 heavy (non-hydrogen) atoms. The van der Waals surface area contributed by atoms with Crippen LogP contribution in [0.4, 0.5) is 5.69 Å². The Bertz CT molecular complexity index is 1240. The third-order valence-electron chi connectivity index (χ3n) is 10.7. The number of likely N-dealkylation sites (tertiary alicyclic amines) is 1. The summed E-state index contributed by atoms with van der Waals surface area (Å²) in [6.45, 7) is 13.5. The number of nitrogens with zero attached hydrogens (tertiary/aromatic N) is 3. The van der Waals surface area contributed by atoms with Crippen molar-refractivity contribution >= 4 is 29.3 Å². The number of hydrogen-bond donors (Lipinski definition) is 3. The molecule has 2 rings (SSSR count). The molecule has 12 heteroatoms. The van der Waals surface area contributed by atoms with Crippen molar-refractivity contribution in [2.75, 3.05) is 66.4 Å². The number of methoxy groups -OCH3 is 2. The van der Waals surface area contributed by atoms with E-state index >= 15 is 0 Å². The van der Waals surface area contributed by atoms with Crippen molar-refractivity contribution in [3.05, 3.63) is 29.8 Å². The Morgan fingerprint density at radius 1 is 0.962 bits per heavy atom. The minimum atomic E-state index is -0.561. The number of amides is 4. The molecule has 0 spiro atoms. The smallest absolute Gasteiger partial charge is 0.242 e. The van der Waals surface area contributed by atoms with Crippen LogP contribution < -0.4 is 20.9 Å². The maximum Gasteiger partial charge on any atom is 0.242 e. The van der Waals surface area contributed by atoms with Crippen molar-refractivity contribution in [1.29, 1.82) is 0 Å². The van der Waals surface area contributed by atoms with Crippen LogP contribution in [0.25, 0.3) is 0 Å². The van der Waals surface area contributed by atoms with Gasteiger partial charge in [0.05, 0.1) is 49.2 Å². The molecule has 0 bridgehead atoms. The molecule has 4 amide bonds. The number of carbonyl (C=O) groups is 4. The summed E-state index contributed by atoms with van der Waals surface area (Å²) in [4.78, 5) is 60.0. The first-order valence-corrected chi connectivity index (χ1v) is 19.4. The molecule has 1 heterocycles. The Kier molecular flexibility index (Phi) is 19.7. The second-order valence-electron chi connectivity index (χ2n) is 14.9. The summed E-state index contributed by atoms with van der Waals surface area (Å²) >= 11 is 0. The second kappa shape index (κ2) is 22.8. The molecule has 0 aliphatic carbocycles. The summed E-state index contributed by atoms with van der Waals surface area (Å²) in [5.74, 6) is -0.964. The topological polar surface area (TPSA) is 133 Å². The zero-order chi connectivity index (χ0) is 39.0. The van der Waals surface area contributed by atoms with Crippen molar-refractivity contribution in [3.63, 3.8) is 0 Å². The molecule has 0 saturated carbocycles. The Hall–Kier alpha value is -3.22. The molecule has 7 unspecified atom stereocenters. The molecule has 1 aromatic carbocycles. The lowest BCUT2D eigenvalue weighted by atomic mass is 9.89. The molecule has 3 N–H and O–H groups in total. The van der Waals surface area contributed by atoms with E-state index in [0.29, 0.717) is 26.1 Å². The SMILES string of the molecule is CCCCN(C(=O)CNC(=O)C(NC)C(C)C)C(C(C)CC)C(CC(=O)N1CCCC1C(OC)C(C)C(=O)NCCc1ccc(N(C)C)cc1)OC. The van der Waals surface area contributed by atoms with E-state index in [1.807, 2.05) is 44.7 Å². The van der Waals surface area contributed by atoms with E-state index < -0.39 is 24.2 Å². The number of anilines is 1. The number of rotatable bonds is 23. The molecule has 0 radical (unpaired) electrons. The van der Waals surface area contributed by atoms with Gasteiger partial charge in [-0.05, 0) is 62.3 Å². The summed E-state index contributed by atoms with van der Waals surface area (Å²) in [5, 5.41) is 8.95. The molecule has 1 saturated heterocycles. The lowest BCUT2D eigenvalue weighted by molar-refractivity contribution is -0.147. The van der Waals surface area contributed by atoms with Crippen LogP contribution in [-0.4, -0.2) is 125 Å². The monoisotopic (exact) mass is 731 g/mol. The molecular formula is C40H70N6O6. The largest absolute Gasteiger partial charge is 0.379 e. The number of hydrogen-bond acceptors (Lipinski definition) is 8. The van der Waals surface area contributed by atoms with E-state index in [-0.39, 0.29) is 60.5 Å². The van der Waals surface area contributed by atoms with Gasteiger partial charge in [-0.3, -0.25) is 19.2 Å². The van der Waals surface area contributed by atoms with Gasteiger partial charge in [0.15, 0.2) is 0 Å². The Labute approximate surface area is 314 Å². The first-order chi connectivity index (χ1) is 24.7. The maximum atomic E-state index is 14.2. The average molecular weight is 731 g/mol. The van der Waals surface area contributed by atoms with Gasteiger partial charge in [0.1, 0.15) is 0 Å².